The van der Waals surface area contributed by atoms with Gasteiger partial charge in [-0.2, -0.15) is 0 Å². The third-order valence-electron chi connectivity index (χ3n) is 3.69. The molecule has 1 aliphatic heterocycles. The van der Waals surface area contributed by atoms with E-state index in [9.17, 15) is 4.79 Å². The Morgan fingerprint density at radius 1 is 1.32 bits per heavy atom. The molecule has 2 rings (SSSR count). The number of ether oxygens (including phenoxy) is 1. The molecule has 1 amide bonds. The minimum Gasteiger partial charge on any atom is -0.351 e. The lowest BCUT2D eigenvalue weighted by Gasteiger charge is -2.27. The minimum atomic E-state index is -0.204. The zero-order valence-electron chi connectivity index (χ0n) is 12.1. The fraction of sp³-hybridized carbons (Fsp3) is 0.562. The minimum absolute atomic E-state index is 0.109. The number of benzene rings is 1. The Balaban J connectivity index is 2.25. The van der Waals surface area contributed by atoms with Crippen LogP contribution in [0.5, 0.6) is 0 Å². The lowest BCUT2D eigenvalue weighted by molar-refractivity contribution is -0.0763. The molecule has 3 nitrogen and oxygen atoms in total. The third-order valence-corrected chi connectivity index (χ3v) is 3.69. The highest BCUT2D eigenvalue weighted by molar-refractivity contribution is 5.98. The Bertz CT molecular complexity index is 444. The molecule has 19 heavy (non-hydrogen) atoms. The molecule has 0 bridgehead atoms. The van der Waals surface area contributed by atoms with E-state index in [2.05, 4.69) is 20.8 Å². The molecule has 2 unspecified atom stereocenters. The molecule has 0 radical (unpaired) electrons. The van der Waals surface area contributed by atoms with E-state index in [0.29, 0.717) is 0 Å². The topological polar surface area (TPSA) is 29.5 Å². The Hall–Kier alpha value is -1.35. The third kappa shape index (κ3) is 2.81. The van der Waals surface area contributed by atoms with Crippen LogP contribution in [-0.4, -0.2) is 23.5 Å². The van der Waals surface area contributed by atoms with Gasteiger partial charge in [-0.1, -0.05) is 38.5 Å². The molecule has 0 aliphatic carbocycles. The summed E-state index contributed by atoms with van der Waals surface area (Å²) >= 11 is 0. The van der Waals surface area contributed by atoms with Crippen molar-refractivity contribution in [2.24, 2.45) is 0 Å². The Labute approximate surface area is 115 Å². The van der Waals surface area contributed by atoms with Crippen molar-refractivity contribution in [2.75, 3.05) is 6.54 Å². The molecule has 0 aromatic heterocycles. The van der Waals surface area contributed by atoms with Gasteiger partial charge in [0, 0.05) is 17.7 Å². The Morgan fingerprint density at radius 2 is 2.05 bits per heavy atom. The zero-order valence-corrected chi connectivity index (χ0v) is 12.1. The molecule has 0 N–H and O–H groups in total. The molecule has 0 saturated carbocycles. The molecule has 0 spiro atoms. The van der Waals surface area contributed by atoms with E-state index >= 15 is 0 Å². The maximum atomic E-state index is 12.4. The van der Waals surface area contributed by atoms with E-state index in [1.54, 1.807) is 0 Å². The van der Waals surface area contributed by atoms with Crippen molar-refractivity contribution in [2.45, 2.75) is 52.4 Å². The van der Waals surface area contributed by atoms with Crippen molar-refractivity contribution in [1.82, 2.24) is 4.90 Å². The van der Waals surface area contributed by atoms with E-state index in [0.717, 1.165) is 36.9 Å². The molecule has 1 aromatic carbocycles. The standard InChI is InChI=1S/C16H23NO2/c1-4-6-11-17-15(18)13-9-7-8-10-14(13)16(17)19-12(3)5-2/h7-10,12,16H,4-6,11H2,1-3H3. The monoisotopic (exact) mass is 261 g/mol. The summed E-state index contributed by atoms with van der Waals surface area (Å²) in [5.74, 6) is 0.109. The van der Waals surface area contributed by atoms with Crippen molar-refractivity contribution in [3.63, 3.8) is 0 Å². The van der Waals surface area contributed by atoms with E-state index in [1.165, 1.54) is 0 Å². The molecule has 1 aromatic rings. The first-order valence-electron chi connectivity index (χ1n) is 7.24. The number of unbranched alkanes of at least 4 members (excludes halogenated alkanes) is 1. The second-order valence-electron chi connectivity index (χ2n) is 5.15. The lowest BCUT2D eigenvalue weighted by Crippen LogP contribution is -2.32. The van der Waals surface area contributed by atoms with Gasteiger partial charge in [-0.3, -0.25) is 4.79 Å². The maximum absolute atomic E-state index is 12.4. The number of rotatable bonds is 6. The van der Waals surface area contributed by atoms with Crippen LogP contribution >= 0.6 is 0 Å². The van der Waals surface area contributed by atoms with Crippen LogP contribution in [0.1, 0.15) is 62.2 Å². The molecule has 0 fully saturated rings. The van der Waals surface area contributed by atoms with Gasteiger partial charge in [-0.15, -0.1) is 0 Å². The smallest absolute Gasteiger partial charge is 0.256 e. The summed E-state index contributed by atoms with van der Waals surface area (Å²) in [6.45, 7) is 7.07. The number of amides is 1. The second kappa shape index (κ2) is 6.20. The number of fused-ring (bicyclic) bond motifs is 1. The number of carbonyl (C=O) groups is 1. The summed E-state index contributed by atoms with van der Waals surface area (Å²) in [6.07, 6.45) is 3.00. The largest absolute Gasteiger partial charge is 0.351 e. The average Bonchev–Trinajstić information content (AvgIpc) is 2.70. The normalized spacial score (nSPS) is 19.6. The highest BCUT2D eigenvalue weighted by Crippen LogP contribution is 2.35. The van der Waals surface area contributed by atoms with Gasteiger partial charge in [0.05, 0.1) is 6.10 Å². The number of hydrogen-bond acceptors (Lipinski definition) is 2. The van der Waals surface area contributed by atoms with Gasteiger partial charge < -0.3 is 9.64 Å². The molecule has 104 valence electrons. The van der Waals surface area contributed by atoms with Crippen LogP contribution in [0.4, 0.5) is 0 Å². The number of carbonyl (C=O) groups excluding carboxylic acids is 1. The summed E-state index contributed by atoms with van der Waals surface area (Å²) in [5.41, 5.74) is 1.82. The van der Waals surface area contributed by atoms with Gasteiger partial charge in [0.25, 0.3) is 5.91 Å². The van der Waals surface area contributed by atoms with Crippen molar-refractivity contribution < 1.29 is 9.53 Å². The second-order valence-corrected chi connectivity index (χ2v) is 5.15. The van der Waals surface area contributed by atoms with Crippen molar-refractivity contribution in [3.05, 3.63) is 35.4 Å². The predicted octanol–water partition coefficient (Wildman–Crippen LogP) is 3.76. The van der Waals surface area contributed by atoms with Gasteiger partial charge >= 0.3 is 0 Å². The molecular formula is C16H23NO2. The fourth-order valence-electron chi connectivity index (χ4n) is 2.35. The molecule has 3 heteroatoms. The SMILES string of the molecule is CCCCN1C(=O)c2ccccc2C1OC(C)CC. The van der Waals surface area contributed by atoms with Crippen LogP contribution in [0.15, 0.2) is 24.3 Å². The van der Waals surface area contributed by atoms with Crippen LogP contribution in [0, 0.1) is 0 Å². The van der Waals surface area contributed by atoms with Gasteiger partial charge in [0.2, 0.25) is 0 Å². The molecule has 1 aliphatic rings. The van der Waals surface area contributed by atoms with E-state index in [-0.39, 0.29) is 18.2 Å². The van der Waals surface area contributed by atoms with Crippen LogP contribution in [0.3, 0.4) is 0 Å². The highest BCUT2D eigenvalue weighted by Gasteiger charge is 2.37. The van der Waals surface area contributed by atoms with Crippen molar-refractivity contribution >= 4 is 5.91 Å². The Morgan fingerprint density at radius 3 is 2.74 bits per heavy atom. The lowest BCUT2D eigenvalue weighted by atomic mass is 10.1. The summed E-state index contributed by atoms with van der Waals surface area (Å²) in [4.78, 5) is 14.3. The van der Waals surface area contributed by atoms with Crippen LogP contribution in [-0.2, 0) is 4.74 Å². The van der Waals surface area contributed by atoms with Crippen molar-refractivity contribution in [1.29, 1.82) is 0 Å². The van der Waals surface area contributed by atoms with Gasteiger partial charge in [0.15, 0.2) is 6.23 Å². The van der Waals surface area contributed by atoms with E-state index in [1.807, 2.05) is 29.2 Å². The highest BCUT2D eigenvalue weighted by atomic mass is 16.5. The van der Waals surface area contributed by atoms with E-state index in [4.69, 9.17) is 4.74 Å². The van der Waals surface area contributed by atoms with Gasteiger partial charge in [-0.25, -0.2) is 0 Å². The summed E-state index contributed by atoms with van der Waals surface area (Å²) in [7, 11) is 0. The van der Waals surface area contributed by atoms with Crippen LogP contribution in [0.25, 0.3) is 0 Å². The van der Waals surface area contributed by atoms with Crippen LogP contribution in [0.2, 0.25) is 0 Å². The molecule has 0 saturated heterocycles. The summed E-state index contributed by atoms with van der Waals surface area (Å²) < 4.78 is 6.07. The first-order chi connectivity index (χ1) is 9.19. The first-order valence-corrected chi connectivity index (χ1v) is 7.24. The quantitative estimate of drug-likeness (QED) is 0.780. The van der Waals surface area contributed by atoms with Crippen LogP contribution < -0.4 is 0 Å². The number of nitrogens with zero attached hydrogens (tertiary/aromatic N) is 1. The number of hydrogen-bond donors (Lipinski definition) is 0. The van der Waals surface area contributed by atoms with Gasteiger partial charge in [-0.05, 0) is 25.8 Å². The average molecular weight is 261 g/mol. The fourth-order valence-corrected chi connectivity index (χ4v) is 2.35. The molecular weight excluding hydrogens is 238 g/mol. The maximum Gasteiger partial charge on any atom is 0.256 e. The molecule has 1 heterocycles. The van der Waals surface area contributed by atoms with Gasteiger partial charge in [0.1, 0.15) is 0 Å². The molecule has 2 atom stereocenters. The Kier molecular flexibility index (Phi) is 4.59. The van der Waals surface area contributed by atoms with Crippen molar-refractivity contribution in [3.8, 4) is 0 Å². The first kappa shape index (κ1) is 14.1. The zero-order chi connectivity index (χ0) is 13.8. The van der Waals surface area contributed by atoms with E-state index < -0.39 is 0 Å². The summed E-state index contributed by atoms with van der Waals surface area (Å²) in [5, 5.41) is 0. The predicted molar refractivity (Wildman–Crippen MR) is 76.0 cm³/mol. The summed E-state index contributed by atoms with van der Waals surface area (Å²) in [6, 6.07) is 7.80.